The molecule has 3 rings (SSSR count). The molecule has 0 saturated carbocycles. The van der Waals surface area contributed by atoms with Gasteiger partial charge in [0.1, 0.15) is 0 Å². The maximum absolute atomic E-state index is 13.4. The molecule has 0 unspecified atom stereocenters. The van der Waals surface area contributed by atoms with Crippen molar-refractivity contribution in [3.05, 3.63) is 100 Å². The van der Waals surface area contributed by atoms with Crippen LogP contribution in [-0.4, -0.2) is 11.8 Å². The molecule has 0 spiro atoms. The minimum atomic E-state index is -1.19. The third-order valence-electron chi connectivity index (χ3n) is 3.97. The topological polar surface area (TPSA) is 58.2 Å². The number of carbonyl (C=O) groups excluding carboxylic acids is 2. The molecule has 142 valence electrons. The van der Waals surface area contributed by atoms with Gasteiger partial charge in [0, 0.05) is 6.54 Å². The van der Waals surface area contributed by atoms with Crippen LogP contribution >= 0.6 is 11.6 Å². The number of carbonyl (C=O) groups is 2. The standard InChI is InChI=1S/C21H15ClF2N2O2/c22-16-11-18(24)17(23)10-15(16)21(28)26-19-9-5-4-8-14(19)20(27)25-12-13-6-2-1-3-7-13/h1-11H,12H2,(H,25,27)(H,26,28). The van der Waals surface area contributed by atoms with Gasteiger partial charge in [-0.05, 0) is 29.8 Å². The lowest BCUT2D eigenvalue weighted by Crippen LogP contribution is -2.25. The van der Waals surface area contributed by atoms with Crippen molar-refractivity contribution in [2.24, 2.45) is 0 Å². The number of rotatable bonds is 5. The molecule has 0 radical (unpaired) electrons. The van der Waals surface area contributed by atoms with E-state index >= 15 is 0 Å². The summed E-state index contributed by atoms with van der Waals surface area (Å²) in [5.41, 5.74) is 1.13. The van der Waals surface area contributed by atoms with Crippen LogP contribution in [0.5, 0.6) is 0 Å². The molecule has 3 aromatic carbocycles. The van der Waals surface area contributed by atoms with Crippen LogP contribution in [0.4, 0.5) is 14.5 Å². The van der Waals surface area contributed by atoms with E-state index in [1.165, 1.54) is 6.07 Å². The average Bonchev–Trinajstić information content (AvgIpc) is 2.70. The fourth-order valence-electron chi connectivity index (χ4n) is 2.55. The Morgan fingerprint density at radius 3 is 2.21 bits per heavy atom. The van der Waals surface area contributed by atoms with Crippen molar-refractivity contribution in [2.45, 2.75) is 6.54 Å². The van der Waals surface area contributed by atoms with Crippen molar-refractivity contribution in [1.29, 1.82) is 0 Å². The minimum absolute atomic E-state index is 0.221. The summed E-state index contributed by atoms with van der Waals surface area (Å²) in [6, 6.07) is 17.1. The molecule has 0 bridgehead atoms. The molecule has 3 aromatic rings. The van der Waals surface area contributed by atoms with E-state index in [2.05, 4.69) is 10.6 Å². The van der Waals surface area contributed by atoms with Crippen LogP contribution < -0.4 is 10.6 Å². The van der Waals surface area contributed by atoms with E-state index in [1.807, 2.05) is 30.3 Å². The lowest BCUT2D eigenvalue weighted by atomic mass is 10.1. The minimum Gasteiger partial charge on any atom is -0.348 e. The first kappa shape index (κ1) is 19.5. The van der Waals surface area contributed by atoms with Crippen LogP contribution in [0.1, 0.15) is 26.3 Å². The van der Waals surface area contributed by atoms with E-state index in [4.69, 9.17) is 11.6 Å². The highest BCUT2D eigenvalue weighted by atomic mass is 35.5. The normalized spacial score (nSPS) is 10.4. The maximum atomic E-state index is 13.4. The Labute approximate surface area is 165 Å². The molecule has 0 aliphatic rings. The molecular formula is C21H15ClF2N2O2. The largest absolute Gasteiger partial charge is 0.348 e. The molecule has 0 fully saturated rings. The summed E-state index contributed by atoms with van der Waals surface area (Å²) in [6.45, 7) is 0.316. The van der Waals surface area contributed by atoms with Crippen LogP contribution in [0.15, 0.2) is 66.7 Å². The molecule has 2 N–H and O–H groups in total. The highest BCUT2D eigenvalue weighted by Gasteiger charge is 2.18. The molecule has 0 saturated heterocycles. The van der Waals surface area contributed by atoms with Gasteiger partial charge >= 0.3 is 0 Å². The van der Waals surface area contributed by atoms with Crippen LogP contribution in [0, 0.1) is 11.6 Å². The molecular weight excluding hydrogens is 386 g/mol. The smallest absolute Gasteiger partial charge is 0.257 e. The predicted molar refractivity (Wildman–Crippen MR) is 103 cm³/mol. The summed E-state index contributed by atoms with van der Waals surface area (Å²) in [4.78, 5) is 25.0. The van der Waals surface area contributed by atoms with Gasteiger partial charge in [0.15, 0.2) is 11.6 Å². The first-order valence-corrected chi connectivity index (χ1v) is 8.70. The summed E-state index contributed by atoms with van der Waals surface area (Å²) < 4.78 is 26.7. The second-order valence-electron chi connectivity index (χ2n) is 5.91. The number of hydrogen-bond donors (Lipinski definition) is 2. The Hall–Kier alpha value is -3.25. The molecule has 0 aliphatic carbocycles. The van der Waals surface area contributed by atoms with E-state index in [9.17, 15) is 18.4 Å². The molecule has 0 heterocycles. The van der Waals surface area contributed by atoms with Crippen molar-refractivity contribution in [2.75, 3.05) is 5.32 Å². The van der Waals surface area contributed by atoms with Crippen molar-refractivity contribution in [3.63, 3.8) is 0 Å². The second kappa shape index (κ2) is 8.63. The van der Waals surface area contributed by atoms with Crippen LogP contribution in [0.3, 0.4) is 0 Å². The van der Waals surface area contributed by atoms with Gasteiger partial charge in [-0.15, -0.1) is 0 Å². The number of halogens is 3. The van der Waals surface area contributed by atoms with Gasteiger partial charge in [-0.2, -0.15) is 0 Å². The van der Waals surface area contributed by atoms with Gasteiger partial charge in [0.25, 0.3) is 11.8 Å². The van der Waals surface area contributed by atoms with Crippen molar-refractivity contribution in [1.82, 2.24) is 5.32 Å². The molecule has 0 aliphatic heterocycles. The third-order valence-corrected chi connectivity index (χ3v) is 4.28. The zero-order valence-electron chi connectivity index (χ0n) is 14.5. The Morgan fingerprint density at radius 1 is 0.821 bits per heavy atom. The third kappa shape index (κ3) is 4.53. The van der Waals surface area contributed by atoms with Gasteiger partial charge in [-0.1, -0.05) is 54.1 Å². The van der Waals surface area contributed by atoms with Crippen molar-refractivity contribution < 1.29 is 18.4 Å². The Bertz CT molecular complexity index is 1030. The van der Waals surface area contributed by atoms with Crippen LogP contribution in [0.25, 0.3) is 0 Å². The lowest BCUT2D eigenvalue weighted by Gasteiger charge is -2.12. The number of amides is 2. The highest BCUT2D eigenvalue weighted by molar-refractivity contribution is 6.34. The summed E-state index contributed by atoms with van der Waals surface area (Å²) >= 11 is 5.84. The highest BCUT2D eigenvalue weighted by Crippen LogP contribution is 2.22. The molecule has 0 atom stereocenters. The second-order valence-corrected chi connectivity index (χ2v) is 6.32. The fraction of sp³-hybridized carbons (Fsp3) is 0.0476. The molecule has 4 nitrogen and oxygen atoms in total. The number of nitrogens with one attached hydrogen (secondary N) is 2. The number of hydrogen-bond acceptors (Lipinski definition) is 2. The van der Waals surface area contributed by atoms with E-state index in [-0.39, 0.29) is 21.8 Å². The summed E-state index contributed by atoms with van der Waals surface area (Å²) in [7, 11) is 0. The van der Waals surface area contributed by atoms with Gasteiger partial charge in [0.05, 0.1) is 21.8 Å². The number of para-hydroxylation sites is 1. The lowest BCUT2D eigenvalue weighted by molar-refractivity contribution is 0.0952. The van der Waals surface area contributed by atoms with Gasteiger partial charge in [0.2, 0.25) is 0 Å². The number of anilines is 1. The predicted octanol–water partition coefficient (Wildman–Crippen LogP) is 4.80. The van der Waals surface area contributed by atoms with Crippen molar-refractivity contribution in [3.8, 4) is 0 Å². The van der Waals surface area contributed by atoms with Crippen LogP contribution in [0.2, 0.25) is 5.02 Å². The monoisotopic (exact) mass is 400 g/mol. The summed E-state index contributed by atoms with van der Waals surface area (Å²) in [5, 5.41) is 5.06. The van der Waals surface area contributed by atoms with Gasteiger partial charge in [-0.25, -0.2) is 8.78 Å². The van der Waals surface area contributed by atoms with Crippen LogP contribution in [-0.2, 0) is 6.54 Å². The summed E-state index contributed by atoms with van der Waals surface area (Å²) in [6.07, 6.45) is 0. The fourth-order valence-corrected chi connectivity index (χ4v) is 2.79. The zero-order chi connectivity index (χ0) is 20.1. The SMILES string of the molecule is O=C(Nc1ccccc1C(=O)NCc1ccccc1)c1cc(F)c(F)cc1Cl. The first-order chi connectivity index (χ1) is 13.5. The molecule has 0 aromatic heterocycles. The molecule has 28 heavy (non-hydrogen) atoms. The van der Waals surface area contributed by atoms with E-state index < -0.39 is 23.4 Å². The van der Waals surface area contributed by atoms with Gasteiger partial charge in [-0.3, -0.25) is 9.59 Å². The Balaban J connectivity index is 1.77. The summed E-state index contributed by atoms with van der Waals surface area (Å²) in [5.74, 6) is -3.49. The van der Waals surface area contributed by atoms with E-state index in [0.717, 1.165) is 11.6 Å². The van der Waals surface area contributed by atoms with Crippen molar-refractivity contribution >= 4 is 29.1 Å². The van der Waals surface area contributed by atoms with Gasteiger partial charge < -0.3 is 10.6 Å². The zero-order valence-corrected chi connectivity index (χ0v) is 15.3. The van der Waals surface area contributed by atoms with E-state index in [0.29, 0.717) is 12.6 Å². The first-order valence-electron chi connectivity index (χ1n) is 8.33. The molecule has 2 amide bonds. The van der Waals surface area contributed by atoms with E-state index in [1.54, 1.807) is 18.2 Å². The maximum Gasteiger partial charge on any atom is 0.257 e. The Kier molecular flexibility index (Phi) is 6.01. The molecule has 7 heteroatoms. The number of benzene rings is 3. The average molecular weight is 401 g/mol. The quantitative estimate of drug-likeness (QED) is 0.604. The Morgan fingerprint density at radius 2 is 1.46 bits per heavy atom.